The Morgan fingerprint density at radius 2 is 1.90 bits per heavy atom. The van der Waals surface area contributed by atoms with Crippen LogP contribution in [-0.4, -0.2) is 12.5 Å². The van der Waals surface area contributed by atoms with Gasteiger partial charge in [-0.3, -0.25) is 4.79 Å². The molecular formula is C14H21Cl3N2O. The molecule has 1 aliphatic rings. The molecule has 1 aromatic rings. The first kappa shape index (κ1) is 19.5. The van der Waals surface area contributed by atoms with Crippen molar-refractivity contribution in [3.8, 4) is 0 Å². The molecule has 1 aromatic carbocycles. The van der Waals surface area contributed by atoms with Gasteiger partial charge in [0.15, 0.2) is 0 Å². The molecule has 0 aliphatic heterocycles. The fraction of sp³-hybridized carbons (Fsp3) is 0.500. The molecule has 0 atom stereocenters. The van der Waals surface area contributed by atoms with Crippen molar-refractivity contribution in [2.24, 2.45) is 17.4 Å². The average molecular weight is 340 g/mol. The smallest absolute Gasteiger partial charge is 0.220 e. The van der Waals surface area contributed by atoms with Crippen molar-refractivity contribution in [1.29, 1.82) is 0 Å². The van der Waals surface area contributed by atoms with Gasteiger partial charge >= 0.3 is 0 Å². The van der Waals surface area contributed by atoms with Crippen LogP contribution in [0, 0.1) is 5.92 Å². The zero-order valence-electron chi connectivity index (χ0n) is 11.2. The Labute approximate surface area is 137 Å². The van der Waals surface area contributed by atoms with Gasteiger partial charge in [0.1, 0.15) is 0 Å². The van der Waals surface area contributed by atoms with Crippen molar-refractivity contribution in [1.82, 2.24) is 0 Å². The minimum absolute atomic E-state index is 0. The first-order chi connectivity index (χ1) is 8.57. The van der Waals surface area contributed by atoms with Crippen molar-refractivity contribution in [3.05, 3.63) is 34.9 Å². The molecule has 20 heavy (non-hydrogen) atoms. The molecule has 3 nitrogen and oxygen atoms in total. The van der Waals surface area contributed by atoms with Gasteiger partial charge in [-0.25, -0.2) is 0 Å². The van der Waals surface area contributed by atoms with E-state index in [-0.39, 0.29) is 42.1 Å². The molecule has 0 bridgehead atoms. The van der Waals surface area contributed by atoms with Crippen molar-refractivity contribution < 1.29 is 4.79 Å². The second-order valence-corrected chi connectivity index (χ2v) is 5.61. The Hall–Kier alpha value is -0.480. The van der Waals surface area contributed by atoms with Crippen LogP contribution in [0.5, 0.6) is 0 Å². The van der Waals surface area contributed by atoms with Crippen molar-refractivity contribution >= 4 is 42.3 Å². The quantitative estimate of drug-likeness (QED) is 0.888. The highest BCUT2D eigenvalue weighted by molar-refractivity contribution is 6.30. The summed E-state index contributed by atoms with van der Waals surface area (Å²) >= 11 is 6.05. The number of hydrogen-bond donors (Lipinski definition) is 2. The topological polar surface area (TPSA) is 69.1 Å². The van der Waals surface area contributed by atoms with Gasteiger partial charge in [0, 0.05) is 22.9 Å². The molecule has 1 aliphatic carbocycles. The molecule has 1 saturated carbocycles. The highest BCUT2D eigenvalue weighted by Gasteiger charge is 2.37. The summed E-state index contributed by atoms with van der Waals surface area (Å²) in [6.07, 6.45) is 3.44. The maximum atomic E-state index is 11.2. The molecular weight excluding hydrogens is 319 g/mol. The maximum absolute atomic E-state index is 11.2. The fourth-order valence-corrected chi connectivity index (χ4v) is 3.07. The summed E-state index contributed by atoms with van der Waals surface area (Å²) in [5.74, 6) is -0.185. The van der Waals surface area contributed by atoms with Gasteiger partial charge in [-0.15, -0.1) is 24.8 Å². The van der Waals surface area contributed by atoms with Gasteiger partial charge < -0.3 is 11.5 Å². The van der Waals surface area contributed by atoms with Gasteiger partial charge in [0.25, 0.3) is 0 Å². The van der Waals surface area contributed by atoms with Crippen LogP contribution in [0.3, 0.4) is 0 Å². The second kappa shape index (κ2) is 8.08. The van der Waals surface area contributed by atoms with E-state index in [4.69, 9.17) is 23.1 Å². The van der Waals surface area contributed by atoms with Crippen molar-refractivity contribution in [3.63, 3.8) is 0 Å². The Bertz CT molecular complexity index is 446. The van der Waals surface area contributed by atoms with E-state index >= 15 is 0 Å². The SMILES string of the molecule is Cl.Cl.NCC1(c2cccc(Cl)c2)CCC(C(N)=O)CC1. The zero-order chi connectivity index (χ0) is 13.2. The minimum atomic E-state index is -0.188. The molecule has 1 fully saturated rings. The lowest BCUT2D eigenvalue weighted by Crippen LogP contribution is -2.41. The highest BCUT2D eigenvalue weighted by Crippen LogP contribution is 2.41. The Balaban J connectivity index is 0.00000180. The number of benzene rings is 1. The Morgan fingerprint density at radius 1 is 1.30 bits per heavy atom. The summed E-state index contributed by atoms with van der Waals surface area (Å²) in [7, 11) is 0. The van der Waals surface area contributed by atoms with Crippen LogP contribution in [0.2, 0.25) is 5.02 Å². The Kier molecular flexibility index (Phi) is 7.89. The summed E-state index contributed by atoms with van der Waals surface area (Å²) in [6, 6.07) is 7.88. The second-order valence-electron chi connectivity index (χ2n) is 5.17. The number of hydrogen-bond acceptors (Lipinski definition) is 2. The highest BCUT2D eigenvalue weighted by atomic mass is 35.5. The molecule has 2 rings (SSSR count). The third kappa shape index (κ3) is 4.01. The summed E-state index contributed by atoms with van der Waals surface area (Å²) in [5.41, 5.74) is 12.5. The van der Waals surface area contributed by atoms with E-state index in [1.54, 1.807) is 0 Å². The minimum Gasteiger partial charge on any atom is -0.369 e. The number of amides is 1. The van der Waals surface area contributed by atoms with Crippen LogP contribution < -0.4 is 11.5 Å². The molecule has 0 heterocycles. The van der Waals surface area contributed by atoms with Crippen LogP contribution in [0.1, 0.15) is 31.2 Å². The van der Waals surface area contributed by atoms with Crippen LogP contribution in [0.25, 0.3) is 0 Å². The van der Waals surface area contributed by atoms with Crippen LogP contribution in [0.4, 0.5) is 0 Å². The molecule has 114 valence electrons. The molecule has 0 spiro atoms. The lowest BCUT2D eigenvalue weighted by atomic mass is 9.66. The van der Waals surface area contributed by atoms with E-state index in [0.29, 0.717) is 6.54 Å². The lowest BCUT2D eigenvalue weighted by molar-refractivity contribution is -0.123. The average Bonchev–Trinajstić information content (AvgIpc) is 2.38. The van der Waals surface area contributed by atoms with Crippen LogP contribution >= 0.6 is 36.4 Å². The Morgan fingerprint density at radius 3 is 2.35 bits per heavy atom. The van der Waals surface area contributed by atoms with Gasteiger partial charge in [-0.05, 0) is 43.4 Å². The maximum Gasteiger partial charge on any atom is 0.220 e. The molecule has 0 radical (unpaired) electrons. The number of rotatable bonds is 3. The molecule has 0 aromatic heterocycles. The number of carbonyl (C=O) groups excluding carboxylic acids is 1. The third-order valence-electron chi connectivity index (χ3n) is 4.17. The van der Waals surface area contributed by atoms with E-state index in [9.17, 15) is 4.79 Å². The number of halogens is 3. The number of primary amides is 1. The predicted molar refractivity (Wildman–Crippen MR) is 87.8 cm³/mol. The molecule has 0 saturated heterocycles. The molecule has 6 heteroatoms. The first-order valence-electron chi connectivity index (χ1n) is 6.33. The van der Waals surface area contributed by atoms with Crippen LogP contribution in [-0.2, 0) is 10.2 Å². The largest absolute Gasteiger partial charge is 0.369 e. The van der Waals surface area contributed by atoms with Crippen molar-refractivity contribution in [2.75, 3.05) is 6.54 Å². The molecule has 0 unspecified atom stereocenters. The summed E-state index contributed by atoms with van der Waals surface area (Å²) in [5, 5.41) is 0.734. The summed E-state index contributed by atoms with van der Waals surface area (Å²) < 4.78 is 0. The molecule has 4 N–H and O–H groups in total. The van der Waals surface area contributed by atoms with Gasteiger partial charge in [0.2, 0.25) is 5.91 Å². The molecule has 1 amide bonds. The number of carbonyl (C=O) groups is 1. The normalized spacial score (nSPS) is 25.2. The van der Waals surface area contributed by atoms with E-state index in [1.165, 1.54) is 5.56 Å². The lowest BCUT2D eigenvalue weighted by Gasteiger charge is -2.39. The van der Waals surface area contributed by atoms with E-state index < -0.39 is 0 Å². The van der Waals surface area contributed by atoms with E-state index in [2.05, 4.69) is 6.07 Å². The standard InChI is InChI=1S/C14H19ClN2O.2ClH/c15-12-3-1-2-11(8-12)14(9-16)6-4-10(5-7-14)13(17)18;;/h1-3,8,10H,4-7,9,16H2,(H2,17,18);2*1H. The van der Waals surface area contributed by atoms with Crippen molar-refractivity contribution in [2.45, 2.75) is 31.1 Å². The first-order valence-corrected chi connectivity index (χ1v) is 6.71. The summed E-state index contributed by atoms with van der Waals surface area (Å²) in [4.78, 5) is 11.2. The van der Waals surface area contributed by atoms with Gasteiger partial charge in [0.05, 0.1) is 0 Å². The predicted octanol–water partition coefficient (Wildman–Crippen LogP) is 3.06. The third-order valence-corrected chi connectivity index (χ3v) is 4.41. The fourth-order valence-electron chi connectivity index (χ4n) is 2.88. The van der Waals surface area contributed by atoms with Gasteiger partial charge in [-0.2, -0.15) is 0 Å². The van der Waals surface area contributed by atoms with E-state index in [0.717, 1.165) is 30.7 Å². The van der Waals surface area contributed by atoms with Crippen LogP contribution in [0.15, 0.2) is 24.3 Å². The summed E-state index contributed by atoms with van der Waals surface area (Å²) in [6.45, 7) is 0.582. The van der Waals surface area contributed by atoms with Gasteiger partial charge in [-0.1, -0.05) is 23.7 Å². The number of nitrogens with two attached hydrogens (primary N) is 2. The van der Waals surface area contributed by atoms with E-state index in [1.807, 2.05) is 18.2 Å². The monoisotopic (exact) mass is 338 g/mol. The zero-order valence-corrected chi connectivity index (χ0v) is 13.6.